The number of rotatable bonds is 4. The molecule has 26 heavy (non-hydrogen) atoms. The molecule has 5 nitrogen and oxygen atoms in total. The van der Waals surface area contributed by atoms with Gasteiger partial charge in [-0.15, -0.1) is 0 Å². The van der Waals surface area contributed by atoms with Crippen molar-refractivity contribution in [3.8, 4) is 0 Å². The van der Waals surface area contributed by atoms with Crippen LogP contribution in [0.5, 0.6) is 0 Å². The molecular weight excluding hydrogens is 368 g/mol. The molecule has 0 unspecified atom stereocenters. The first kappa shape index (κ1) is 17.3. The quantitative estimate of drug-likeness (QED) is 0.686. The van der Waals surface area contributed by atoms with Crippen LogP contribution in [0.1, 0.15) is 25.3 Å². The van der Waals surface area contributed by atoms with Crippen LogP contribution < -0.4 is 9.18 Å². The number of nitrogens with zero attached hydrogens (tertiary/aromatic N) is 2. The highest BCUT2D eigenvalue weighted by atomic mass is 32.2. The van der Waals surface area contributed by atoms with E-state index in [9.17, 15) is 13.2 Å². The second-order valence-corrected chi connectivity index (χ2v) is 9.31. The van der Waals surface area contributed by atoms with E-state index in [1.165, 1.54) is 4.31 Å². The molecule has 2 aromatic carbocycles. The van der Waals surface area contributed by atoms with Crippen LogP contribution in [-0.4, -0.2) is 19.5 Å². The van der Waals surface area contributed by atoms with Crippen LogP contribution in [0.25, 0.3) is 10.2 Å². The van der Waals surface area contributed by atoms with Crippen LogP contribution in [0, 0.1) is 0 Å². The summed E-state index contributed by atoms with van der Waals surface area (Å²) in [6.07, 6.45) is 2.55. The zero-order chi connectivity index (χ0) is 18.3. The molecule has 136 valence electrons. The highest BCUT2D eigenvalue weighted by molar-refractivity contribution is 7.92. The van der Waals surface area contributed by atoms with E-state index in [1.807, 2.05) is 31.2 Å². The van der Waals surface area contributed by atoms with Gasteiger partial charge in [-0.3, -0.25) is 13.7 Å². The highest BCUT2D eigenvalue weighted by Gasteiger charge is 2.29. The summed E-state index contributed by atoms with van der Waals surface area (Å²) in [6, 6.07) is 12.7. The predicted molar refractivity (Wildman–Crippen MR) is 106 cm³/mol. The number of benzene rings is 2. The van der Waals surface area contributed by atoms with Gasteiger partial charge in [0, 0.05) is 13.1 Å². The van der Waals surface area contributed by atoms with Crippen LogP contribution >= 0.6 is 11.3 Å². The third-order valence-corrected chi connectivity index (χ3v) is 7.49. The lowest BCUT2D eigenvalue weighted by molar-refractivity contribution is 0.586. The SMILES string of the molecule is CCCn1c(=O)sc2cc(S(=O)(=O)N3CCCc4ccccc43)ccc21. The summed E-state index contributed by atoms with van der Waals surface area (Å²) in [5.41, 5.74) is 2.62. The Bertz CT molecular complexity index is 1130. The molecule has 3 aromatic rings. The normalized spacial score (nSPS) is 14.6. The Kier molecular flexibility index (Phi) is 4.36. The number of aryl methyl sites for hydroxylation is 2. The Morgan fingerprint density at radius 2 is 1.96 bits per heavy atom. The van der Waals surface area contributed by atoms with Crippen molar-refractivity contribution in [3.63, 3.8) is 0 Å². The molecule has 0 saturated carbocycles. The van der Waals surface area contributed by atoms with E-state index in [0.717, 1.165) is 52.1 Å². The third kappa shape index (κ3) is 2.75. The average molecular weight is 389 g/mol. The van der Waals surface area contributed by atoms with E-state index >= 15 is 0 Å². The minimum Gasteiger partial charge on any atom is -0.299 e. The number of sulfonamides is 1. The van der Waals surface area contributed by atoms with Gasteiger partial charge in [0.15, 0.2) is 0 Å². The van der Waals surface area contributed by atoms with Gasteiger partial charge in [-0.2, -0.15) is 0 Å². The maximum atomic E-state index is 13.3. The smallest absolute Gasteiger partial charge is 0.299 e. The summed E-state index contributed by atoms with van der Waals surface area (Å²) < 4.78 is 30.4. The molecule has 0 spiro atoms. The number of thiazole rings is 1. The maximum absolute atomic E-state index is 13.3. The first-order valence-corrected chi connectivity index (χ1v) is 11.0. The molecule has 0 aliphatic carbocycles. The Morgan fingerprint density at radius 1 is 1.15 bits per heavy atom. The zero-order valence-corrected chi connectivity index (χ0v) is 16.1. The lowest BCUT2D eigenvalue weighted by Gasteiger charge is -2.30. The minimum absolute atomic E-state index is 0.0419. The summed E-state index contributed by atoms with van der Waals surface area (Å²) in [7, 11) is -3.65. The van der Waals surface area contributed by atoms with Gasteiger partial charge >= 0.3 is 4.87 Å². The van der Waals surface area contributed by atoms with Gasteiger partial charge in [0.25, 0.3) is 10.0 Å². The zero-order valence-electron chi connectivity index (χ0n) is 14.5. The molecule has 0 fully saturated rings. The van der Waals surface area contributed by atoms with Crippen LogP contribution in [0.3, 0.4) is 0 Å². The maximum Gasteiger partial charge on any atom is 0.308 e. The van der Waals surface area contributed by atoms with Crippen molar-refractivity contribution in [2.24, 2.45) is 0 Å². The van der Waals surface area contributed by atoms with Gasteiger partial charge < -0.3 is 0 Å². The summed E-state index contributed by atoms with van der Waals surface area (Å²) in [5.74, 6) is 0. The Hall–Kier alpha value is -2.12. The number of anilines is 1. The fourth-order valence-electron chi connectivity index (χ4n) is 3.52. The largest absolute Gasteiger partial charge is 0.308 e. The lowest BCUT2D eigenvalue weighted by atomic mass is 10.0. The first-order chi connectivity index (χ1) is 12.5. The monoisotopic (exact) mass is 388 g/mol. The van der Waals surface area contributed by atoms with Crippen LogP contribution in [0.15, 0.2) is 52.2 Å². The topological polar surface area (TPSA) is 59.4 Å². The van der Waals surface area contributed by atoms with Crippen molar-refractivity contribution in [2.75, 3.05) is 10.8 Å². The van der Waals surface area contributed by atoms with Crippen molar-refractivity contribution < 1.29 is 8.42 Å². The van der Waals surface area contributed by atoms with Gasteiger partial charge in [0.2, 0.25) is 0 Å². The fraction of sp³-hybridized carbons (Fsp3) is 0.316. The summed E-state index contributed by atoms with van der Waals surface area (Å²) in [5, 5.41) is 0. The molecule has 1 aliphatic rings. The van der Waals surface area contributed by atoms with Crippen LogP contribution in [-0.2, 0) is 23.0 Å². The van der Waals surface area contributed by atoms with Gasteiger partial charge in [-0.1, -0.05) is 36.5 Å². The Morgan fingerprint density at radius 3 is 2.77 bits per heavy atom. The Balaban J connectivity index is 1.81. The number of para-hydroxylation sites is 1. The van der Waals surface area contributed by atoms with E-state index < -0.39 is 10.0 Å². The van der Waals surface area contributed by atoms with Crippen molar-refractivity contribution in [3.05, 3.63) is 57.7 Å². The molecule has 0 amide bonds. The van der Waals surface area contributed by atoms with Crippen molar-refractivity contribution in [2.45, 2.75) is 37.6 Å². The molecule has 0 radical (unpaired) electrons. The standard InChI is InChI=1S/C19H20N2O3S2/c1-2-11-20-17-10-9-15(13-18(17)25-19(20)22)26(23,24)21-12-5-7-14-6-3-4-8-16(14)21/h3-4,6,8-10,13H,2,5,7,11-12H2,1H3. The first-order valence-electron chi connectivity index (χ1n) is 8.76. The molecule has 7 heteroatoms. The molecule has 0 saturated heterocycles. The van der Waals surface area contributed by atoms with Gasteiger partial charge in [0.05, 0.1) is 20.8 Å². The molecule has 1 aromatic heterocycles. The second kappa shape index (κ2) is 6.55. The third-order valence-electron chi connectivity index (χ3n) is 4.74. The van der Waals surface area contributed by atoms with E-state index in [2.05, 4.69) is 0 Å². The number of fused-ring (bicyclic) bond motifs is 2. The predicted octanol–water partition coefficient (Wildman–Crippen LogP) is 3.61. The molecule has 0 bridgehead atoms. The molecule has 0 N–H and O–H groups in total. The minimum atomic E-state index is -3.65. The summed E-state index contributed by atoms with van der Waals surface area (Å²) >= 11 is 1.11. The summed E-state index contributed by atoms with van der Waals surface area (Å²) in [4.78, 5) is 12.4. The second-order valence-electron chi connectivity index (χ2n) is 6.46. The molecule has 1 aliphatic heterocycles. The van der Waals surface area contributed by atoms with Gasteiger partial charge in [-0.05, 0) is 49.1 Å². The van der Waals surface area contributed by atoms with Crippen molar-refractivity contribution >= 4 is 37.3 Å². The van der Waals surface area contributed by atoms with Crippen LogP contribution in [0.4, 0.5) is 5.69 Å². The molecule has 4 rings (SSSR count). The van der Waals surface area contributed by atoms with E-state index in [0.29, 0.717) is 13.1 Å². The molecular formula is C19H20N2O3S2. The van der Waals surface area contributed by atoms with Gasteiger partial charge in [-0.25, -0.2) is 8.42 Å². The van der Waals surface area contributed by atoms with Crippen molar-refractivity contribution in [1.29, 1.82) is 0 Å². The van der Waals surface area contributed by atoms with E-state index in [-0.39, 0.29) is 9.77 Å². The van der Waals surface area contributed by atoms with Crippen LogP contribution in [0.2, 0.25) is 0 Å². The Labute approximate surface area is 156 Å². The average Bonchev–Trinajstić information content (AvgIpc) is 2.96. The number of hydrogen-bond donors (Lipinski definition) is 0. The summed E-state index contributed by atoms with van der Waals surface area (Å²) in [6.45, 7) is 3.14. The van der Waals surface area contributed by atoms with Gasteiger partial charge in [0.1, 0.15) is 0 Å². The lowest BCUT2D eigenvalue weighted by Crippen LogP contribution is -2.35. The molecule has 0 atom stereocenters. The highest BCUT2D eigenvalue weighted by Crippen LogP contribution is 2.33. The van der Waals surface area contributed by atoms with E-state index in [1.54, 1.807) is 22.8 Å². The molecule has 2 heterocycles. The van der Waals surface area contributed by atoms with Crippen molar-refractivity contribution in [1.82, 2.24) is 4.57 Å². The van der Waals surface area contributed by atoms with E-state index in [4.69, 9.17) is 0 Å². The number of aromatic nitrogens is 1. The fourth-order valence-corrected chi connectivity index (χ4v) is 6.12. The number of hydrogen-bond acceptors (Lipinski definition) is 4.